The van der Waals surface area contributed by atoms with Crippen molar-refractivity contribution >= 4 is 48.4 Å². The van der Waals surface area contributed by atoms with Crippen molar-refractivity contribution in [2.24, 2.45) is 0 Å². The van der Waals surface area contributed by atoms with Crippen LogP contribution in [0.4, 0.5) is 9.80 Å². The first kappa shape index (κ1) is 25.7. The minimum atomic E-state index is -3.79. The first-order chi connectivity index (χ1) is 17.3. The van der Waals surface area contributed by atoms with Crippen molar-refractivity contribution in [2.75, 3.05) is 52.3 Å². The van der Waals surface area contributed by atoms with Crippen LogP contribution in [0.2, 0.25) is 0 Å². The number of amides is 3. The Kier molecular flexibility index (Phi) is 7.67. The number of hydrogen-bond donors (Lipinski definition) is 2. The number of nitrogens with zero attached hydrogens (tertiary/aromatic N) is 2. The van der Waals surface area contributed by atoms with Crippen LogP contribution >= 0.6 is 11.3 Å². The normalized spacial score (nSPS) is 14.5. The lowest BCUT2D eigenvalue weighted by Crippen LogP contribution is -2.50. The van der Waals surface area contributed by atoms with Gasteiger partial charge in [-0.1, -0.05) is 18.2 Å². The molecule has 1 aromatic heterocycles. The number of rotatable bonds is 7. The van der Waals surface area contributed by atoms with Crippen LogP contribution in [0.5, 0.6) is 11.5 Å². The minimum absolute atomic E-state index is 0.0946. The highest BCUT2D eigenvalue weighted by atomic mass is 32.2. The summed E-state index contributed by atoms with van der Waals surface area (Å²) < 4.78 is 39.2. The smallest absolute Gasteiger partial charge is 0.319 e. The Morgan fingerprint density at radius 1 is 1.00 bits per heavy atom. The van der Waals surface area contributed by atoms with Gasteiger partial charge in [-0.05, 0) is 25.1 Å². The second-order valence-corrected chi connectivity index (χ2v) is 11.0. The molecule has 2 aromatic carbocycles. The van der Waals surface area contributed by atoms with Gasteiger partial charge in [0, 0.05) is 48.9 Å². The van der Waals surface area contributed by atoms with Gasteiger partial charge in [-0.2, -0.15) is 4.31 Å². The molecule has 36 heavy (non-hydrogen) atoms. The van der Waals surface area contributed by atoms with E-state index in [9.17, 15) is 18.0 Å². The van der Waals surface area contributed by atoms with E-state index in [-0.39, 0.29) is 43.0 Å². The largest absolute Gasteiger partial charge is 0.493 e. The van der Waals surface area contributed by atoms with Crippen LogP contribution in [0.25, 0.3) is 10.1 Å². The Hall–Kier alpha value is -3.35. The molecule has 0 radical (unpaired) electrons. The Bertz CT molecular complexity index is 1380. The summed E-state index contributed by atoms with van der Waals surface area (Å²) in [6, 6.07) is 11.5. The summed E-state index contributed by atoms with van der Waals surface area (Å²) in [5.74, 6) is 0.512. The lowest BCUT2D eigenvalue weighted by atomic mass is 10.1. The second-order valence-electron chi connectivity index (χ2n) is 8.00. The number of ether oxygens (including phenoxy) is 2. The predicted octanol–water partition coefficient (Wildman–Crippen LogP) is 3.21. The van der Waals surface area contributed by atoms with E-state index in [0.29, 0.717) is 28.6 Å². The molecule has 0 unspecified atom stereocenters. The molecule has 3 aromatic rings. The van der Waals surface area contributed by atoms with Gasteiger partial charge in [-0.25, -0.2) is 13.2 Å². The van der Waals surface area contributed by atoms with Gasteiger partial charge in [0.25, 0.3) is 5.91 Å². The molecule has 0 aliphatic carbocycles. The third kappa shape index (κ3) is 4.97. The number of carbonyl (C=O) groups is 2. The molecule has 0 saturated carbocycles. The molecule has 0 spiro atoms. The summed E-state index contributed by atoms with van der Waals surface area (Å²) in [4.78, 5) is 27.5. The highest BCUT2D eigenvalue weighted by Crippen LogP contribution is 2.37. The van der Waals surface area contributed by atoms with Crippen molar-refractivity contribution in [1.82, 2.24) is 14.5 Å². The summed E-state index contributed by atoms with van der Waals surface area (Å²) in [6.45, 7) is 2.99. The van der Waals surface area contributed by atoms with Gasteiger partial charge in [0.2, 0.25) is 10.0 Å². The number of urea groups is 1. The number of anilines is 1. The van der Waals surface area contributed by atoms with E-state index in [1.54, 1.807) is 11.0 Å². The zero-order valence-corrected chi connectivity index (χ0v) is 21.9. The predicted molar refractivity (Wildman–Crippen MR) is 139 cm³/mol. The third-order valence-corrected chi connectivity index (χ3v) is 8.87. The summed E-state index contributed by atoms with van der Waals surface area (Å²) in [6.07, 6.45) is 0. The van der Waals surface area contributed by atoms with Crippen LogP contribution in [0, 0.1) is 0 Å². The van der Waals surface area contributed by atoms with Crippen LogP contribution in [-0.4, -0.2) is 76.5 Å². The fourth-order valence-electron chi connectivity index (χ4n) is 4.07. The van der Waals surface area contributed by atoms with Gasteiger partial charge in [-0.15, -0.1) is 11.3 Å². The van der Waals surface area contributed by atoms with Gasteiger partial charge < -0.3 is 19.7 Å². The van der Waals surface area contributed by atoms with Gasteiger partial charge in [0.1, 0.15) is 5.00 Å². The van der Waals surface area contributed by atoms with E-state index in [1.807, 2.05) is 31.2 Å². The number of carbonyl (C=O) groups excluding carboxylic acids is 2. The highest BCUT2D eigenvalue weighted by molar-refractivity contribution is 7.89. The zero-order chi connectivity index (χ0) is 25.9. The van der Waals surface area contributed by atoms with Crippen molar-refractivity contribution in [3.8, 4) is 11.5 Å². The standard InChI is InChI=1S/C24H28N4O6S2/c1-4-25-24(30)26-22-21(17-7-5-6-8-20(17)35-22)23(29)27-11-13-28(14-12-27)36(31,32)16-9-10-18(33-2)19(15-16)34-3/h5-10,15H,4,11-14H2,1-3H3,(H2,25,26,30). The summed E-state index contributed by atoms with van der Waals surface area (Å²) in [5, 5.41) is 6.68. The van der Waals surface area contributed by atoms with Gasteiger partial charge in [0.05, 0.1) is 24.7 Å². The number of piperazine rings is 1. The molecule has 2 heterocycles. The van der Waals surface area contributed by atoms with Crippen molar-refractivity contribution in [3.63, 3.8) is 0 Å². The number of thiophene rings is 1. The number of hydrogen-bond acceptors (Lipinski definition) is 7. The zero-order valence-electron chi connectivity index (χ0n) is 20.2. The van der Waals surface area contributed by atoms with Gasteiger partial charge in [0.15, 0.2) is 11.5 Å². The first-order valence-electron chi connectivity index (χ1n) is 11.4. The Balaban J connectivity index is 1.54. The number of benzene rings is 2. The quantitative estimate of drug-likeness (QED) is 0.483. The molecule has 1 aliphatic heterocycles. The molecule has 3 amide bonds. The number of fused-ring (bicyclic) bond motifs is 1. The monoisotopic (exact) mass is 532 g/mol. The second kappa shape index (κ2) is 10.7. The molecule has 1 saturated heterocycles. The molecule has 1 fully saturated rings. The lowest BCUT2D eigenvalue weighted by Gasteiger charge is -2.34. The van der Waals surface area contributed by atoms with Crippen LogP contribution in [-0.2, 0) is 10.0 Å². The Morgan fingerprint density at radius 2 is 1.69 bits per heavy atom. The van der Waals surface area contributed by atoms with Gasteiger partial charge in [-0.3, -0.25) is 10.1 Å². The summed E-state index contributed by atoms with van der Waals surface area (Å²) in [7, 11) is -0.863. The molecule has 4 rings (SSSR count). The Morgan fingerprint density at radius 3 is 2.36 bits per heavy atom. The van der Waals surface area contributed by atoms with E-state index < -0.39 is 10.0 Å². The maximum atomic E-state index is 13.6. The summed E-state index contributed by atoms with van der Waals surface area (Å²) >= 11 is 1.33. The van der Waals surface area contributed by atoms with Crippen molar-refractivity contribution in [2.45, 2.75) is 11.8 Å². The average Bonchev–Trinajstić information content (AvgIpc) is 3.25. The molecule has 2 N–H and O–H groups in total. The van der Waals surface area contributed by atoms with Crippen LogP contribution in [0.15, 0.2) is 47.4 Å². The number of methoxy groups -OCH3 is 2. The third-order valence-electron chi connectivity index (χ3n) is 5.89. The molecule has 0 bridgehead atoms. The van der Waals surface area contributed by atoms with E-state index in [4.69, 9.17) is 9.47 Å². The SMILES string of the molecule is CCNC(=O)Nc1sc2ccccc2c1C(=O)N1CCN(S(=O)(=O)c2ccc(OC)c(OC)c2)CC1. The molecule has 192 valence electrons. The summed E-state index contributed by atoms with van der Waals surface area (Å²) in [5.41, 5.74) is 0.415. The topological polar surface area (TPSA) is 117 Å². The maximum absolute atomic E-state index is 13.6. The molecule has 10 nitrogen and oxygen atoms in total. The van der Waals surface area contributed by atoms with E-state index in [0.717, 1.165) is 10.1 Å². The fourth-order valence-corrected chi connectivity index (χ4v) is 6.60. The number of nitrogens with one attached hydrogen (secondary N) is 2. The van der Waals surface area contributed by atoms with Gasteiger partial charge >= 0.3 is 6.03 Å². The first-order valence-corrected chi connectivity index (χ1v) is 13.6. The molecular formula is C24H28N4O6S2. The minimum Gasteiger partial charge on any atom is -0.493 e. The van der Waals surface area contributed by atoms with Crippen molar-refractivity contribution < 1.29 is 27.5 Å². The van der Waals surface area contributed by atoms with E-state index in [1.165, 1.54) is 42.0 Å². The van der Waals surface area contributed by atoms with E-state index in [2.05, 4.69) is 10.6 Å². The maximum Gasteiger partial charge on any atom is 0.319 e. The van der Waals surface area contributed by atoms with E-state index >= 15 is 0 Å². The number of sulfonamides is 1. The molecular weight excluding hydrogens is 504 g/mol. The van der Waals surface area contributed by atoms with Crippen LogP contribution in [0.3, 0.4) is 0 Å². The molecule has 12 heteroatoms. The van der Waals surface area contributed by atoms with Crippen LogP contribution < -0.4 is 20.1 Å². The molecule has 0 atom stereocenters. The molecule has 1 aliphatic rings. The lowest BCUT2D eigenvalue weighted by molar-refractivity contribution is 0.0701. The van der Waals surface area contributed by atoms with Crippen LogP contribution in [0.1, 0.15) is 17.3 Å². The Labute approximate surface area is 213 Å². The van der Waals surface area contributed by atoms with Crippen molar-refractivity contribution in [3.05, 3.63) is 48.0 Å². The van der Waals surface area contributed by atoms with Crippen molar-refractivity contribution in [1.29, 1.82) is 0 Å². The fraction of sp³-hybridized carbons (Fsp3) is 0.333. The average molecular weight is 533 g/mol. The highest BCUT2D eigenvalue weighted by Gasteiger charge is 2.33.